The number of para-hydroxylation sites is 2. The molecule has 0 aliphatic rings. The summed E-state index contributed by atoms with van der Waals surface area (Å²) in [6.07, 6.45) is 1.95. The summed E-state index contributed by atoms with van der Waals surface area (Å²) in [6.45, 7) is 11.4. The molecular weight excluding hydrogens is 354 g/mol. The number of rotatable bonds is 2. The van der Waals surface area contributed by atoms with Crippen LogP contribution in [0.1, 0.15) is 56.2 Å². The van der Waals surface area contributed by atoms with E-state index in [0.717, 1.165) is 5.52 Å². The highest BCUT2D eigenvalue weighted by Crippen LogP contribution is 2.36. The molecule has 0 atom stereocenters. The molecule has 0 aliphatic carbocycles. The molecule has 0 unspecified atom stereocenters. The smallest absolute Gasteiger partial charge is 0.255 e. The number of pyridine rings is 2. The van der Waals surface area contributed by atoms with Gasteiger partial charge < -0.3 is 0 Å². The van der Waals surface area contributed by atoms with Gasteiger partial charge in [0.15, 0.2) is 11.0 Å². The number of imidazole rings is 1. The number of hydrogen-bond donors (Lipinski definition) is 0. The van der Waals surface area contributed by atoms with Gasteiger partial charge in [0.2, 0.25) is 0 Å². The molecule has 0 radical (unpaired) electrons. The first kappa shape index (κ1) is 18.1. The van der Waals surface area contributed by atoms with Gasteiger partial charge in [0.05, 0.1) is 18.0 Å². The topological polar surface area (TPSA) is 21.2 Å². The van der Waals surface area contributed by atoms with Crippen LogP contribution in [0.25, 0.3) is 38.5 Å². The minimum Gasteiger partial charge on any atom is -0.255 e. The maximum absolute atomic E-state index is 4.88. The van der Waals surface area contributed by atoms with Crippen LogP contribution < -0.4 is 4.57 Å². The zero-order valence-electron chi connectivity index (χ0n) is 18.1. The summed E-state index contributed by atoms with van der Waals surface area (Å²) in [5, 5.41) is 2.48. The van der Waals surface area contributed by atoms with Crippen LogP contribution in [0.2, 0.25) is 0 Å². The Morgan fingerprint density at radius 3 is 2.31 bits per heavy atom. The van der Waals surface area contributed by atoms with Gasteiger partial charge in [0, 0.05) is 11.6 Å². The van der Waals surface area contributed by atoms with Gasteiger partial charge in [-0.1, -0.05) is 39.8 Å². The second kappa shape index (κ2) is 6.28. The average Bonchev–Trinajstić information content (AvgIpc) is 3.00. The van der Waals surface area contributed by atoms with Gasteiger partial charge >= 0.3 is 0 Å². The third kappa shape index (κ3) is 2.43. The lowest BCUT2D eigenvalue weighted by atomic mass is 9.88. The maximum atomic E-state index is 4.88. The summed E-state index contributed by atoms with van der Waals surface area (Å²) in [5.41, 5.74) is 10.2. The van der Waals surface area contributed by atoms with E-state index in [1.807, 2.05) is 6.20 Å². The molecule has 3 heteroatoms. The molecule has 0 spiro atoms. The molecule has 5 rings (SSSR count). The Balaban J connectivity index is 2.17. The van der Waals surface area contributed by atoms with Gasteiger partial charge in [-0.05, 0) is 65.8 Å². The predicted molar refractivity (Wildman–Crippen MR) is 122 cm³/mol. The van der Waals surface area contributed by atoms with Gasteiger partial charge in [-0.3, -0.25) is 4.98 Å². The number of hydrogen-bond acceptors (Lipinski definition) is 1. The van der Waals surface area contributed by atoms with E-state index in [4.69, 9.17) is 4.98 Å². The van der Waals surface area contributed by atoms with Crippen molar-refractivity contribution in [3.8, 4) is 0 Å². The van der Waals surface area contributed by atoms with Crippen molar-refractivity contribution < 1.29 is 4.57 Å². The average molecular weight is 383 g/mol. The second-order valence-electron chi connectivity index (χ2n) is 8.87. The lowest BCUT2D eigenvalue weighted by molar-refractivity contribution is -0.617. The van der Waals surface area contributed by atoms with Crippen molar-refractivity contribution in [2.75, 3.05) is 0 Å². The number of nitrogens with zero attached hydrogens (tertiary/aromatic N) is 3. The Labute approximate surface area is 171 Å². The Bertz CT molecular complexity index is 1420. The van der Waals surface area contributed by atoms with Gasteiger partial charge in [0.25, 0.3) is 5.65 Å². The van der Waals surface area contributed by atoms with Gasteiger partial charge in [-0.15, -0.1) is 0 Å². The first-order chi connectivity index (χ1) is 13.9. The maximum Gasteiger partial charge on any atom is 0.297 e. The molecule has 0 saturated carbocycles. The molecule has 2 aromatic carbocycles. The van der Waals surface area contributed by atoms with Crippen LogP contribution in [0, 0.1) is 6.92 Å². The van der Waals surface area contributed by atoms with Crippen molar-refractivity contribution in [1.29, 1.82) is 0 Å². The number of fused-ring (bicyclic) bond motifs is 8. The van der Waals surface area contributed by atoms with Crippen molar-refractivity contribution >= 4 is 38.5 Å². The Kier molecular flexibility index (Phi) is 3.92. The minimum absolute atomic E-state index is 0.476. The summed E-state index contributed by atoms with van der Waals surface area (Å²) in [4.78, 5) is 4.88. The van der Waals surface area contributed by atoms with E-state index >= 15 is 0 Å². The van der Waals surface area contributed by atoms with Crippen LogP contribution in [-0.2, 0) is 7.05 Å². The molecule has 29 heavy (non-hydrogen) atoms. The number of aromatic nitrogens is 3. The fraction of sp³-hybridized carbons (Fsp3) is 0.308. The van der Waals surface area contributed by atoms with Crippen molar-refractivity contribution in [3.63, 3.8) is 0 Å². The summed E-state index contributed by atoms with van der Waals surface area (Å²) in [6, 6.07) is 15.6. The standard InChI is InChI=1S/C26H28N3/c1-15(2)18-13-20-23(14-19(18)16(3)4)29-22-10-8-7-9-21(22)28(6)26(29)24-17(5)11-12-27-25(20)24/h7-16H,1-6H3/q+1. The summed E-state index contributed by atoms with van der Waals surface area (Å²) in [5.74, 6) is 0.952. The monoisotopic (exact) mass is 382 g/mol. The van der Waals surface area contributed by atoms with Crippen LogP contribution in [0.5, 0.6) is 0 Å². The zero-order chi connectivity index (χ0) is 20.4. The first-order valence-corrected chi connectivity index (χ1v) is 10.5. The number of aryl methyl sites for hydroxylation is 2. The molecule has 3 aromatic heterocycles. The van der Waals surface area contributed by atoms with Crippen LogP contribution in [-0.4, -0.2) is 9.38 Å². The largest absolute Gasteiger partial charge is 0.297 e. The van der Waals surface area contributed by atoms with Crippen molar-refractivity contribution in [2.24, 2.45) is 7.05 Å². The quantitative estimate of drug-likeness (QED) is 0.264. The summed E-state index contributed by atoms with van der Waals surface area (Å²) >= 11 is 0. The van der Waals surface area contributed by atoms with Gasteiger partial charge in [-0.2, -0.15) is 4.40 Å². The highest BCUT2D eigenvalue weighted by Gasteiger charge is 2.26. The lowest BCUT2D eigenvalue weighted by Crippen LogP contribution is -2.27. The summed E-state index contributed by atoms with van der Waals surface area (Å²) in [7, 11) is 2.17. The van der Waals surface area contributed by atoms with Crippen LogP contribution in [0.15, 0.2) is 48.7 Å². The SMILES string of the molecule is Cc1ccnc2c3cc(C(C)C)c(C(C)C)cc3n3c4ccccc4[n+](C)c3c12. The van der Waals surface area contributed by atoms with E-state index < -0.39 is 0 Å². The molecular formula is C26H28N3+. The molecule has 0 aliphatic heterocycles. The Morgan fingerprint density at radius 2 is 1.59 bits per heavy atom. The van der Waals surface area contributed by atoms with E-state index in [9.17, 15) is 0 Å². The first-order valence-electron chi connectivity index (χ1n) is 10.5. The van der Waals surface area contributed by atoms with Crippen LogP contribution >= 0.6 is 0 Å². The van der Waals surface area contributed by atoms with E-state index in [-0.39, 0.29) is 0 Å². The van der Waals surface area contributed by atoms with Gasteiger partial charge in [-0.25, -0.2) is 4.57 Å². The molecule has 0 amide bonds. The highest BCUT2D eigenvalue weighted by atomic mass is 15.1. The van der Waals surface area contributed by atoms with Crippen LogP contribution in [0.4, 0.5) is 0 Å². The molecule has 3 heterocycles. The molecule has 0 bridgehead atoms. The fourth-order valence-electron chi connectivity index (χ4n) is 4.88. The highest BCUT2D eigenvalue weighted by molar-refractivity contribution is 6.12. The van der Waals surface area contributed by atoms with Crippen LogP contribution in [0.3, 0.4) is 0 Å². The second-order valence-corrected chi connectivity index (χ2v) is 8.87. The zero-order valence-corrected chi connectivity index (χ0v) is 18.1. The third-order valence-corrected chi connectivity index (χ3v) is 6.34. The lowest BCUT2D eigenvalue weighted by Gasteiger charge is -2.17. The van der Waals surface area contributed by atoms with E-state index in [0.29, 0.717) is 11.8 Å². The Hall–Kier alpha value is -2.94. The summed E-state index contributed by atoms with van der Waals surface area (Å²) < 4.78 is 4.76. The molecule has 5 aromatic rings. The number of benzene rings is 2. The van der Waals surface area contributed by atoms with E-state index in [1.165, 1.54) is 49.7 Å². The molecule has 3 nitrogen and oxygen atoms in total. The molecule has 0 N–H and O–H groups in total. The fourth-order valence-corrected chi connectivity index (χ4v) is 4.88. The predicted octanol–water partition coefficient (Wildman–Crippen LogP) is 6.17. The minimum atomic E-state index is 0.476. The van der Waals surface area contributed by atoms with Crippen molar-refractivity contribution in [1.82, 2.24) is 9.38 Å². The van der Waals surface area contributed by atoms with Crippen molar-refractivity contribution in [3.05, 3.63) is 65.4 Å². The molecule has 0 fully saturated rings. The van der Waals surface area contributed by atoms with Gasteiger partial charge in [0.1, 0.15) is 5.52 Å². The van der Waals surface area contributed by atoms with E-state index in [2.05, 4.69) is 93.1 Å². The Morgan fingerprint density at radius 1 is 0.897 bits per heavy atom. The van der Waals surface area contributed by atoms with Crippen molar-refractivity contribution in [2.45, 2.75) is 46.5 Å². The molecule has 0 saturated heterocycles. The normalized spacial score (nSPS) is 12.4. The molecule has 146 valence electrons. The van der Waals surface area contributed by atoms with E-state index in [1.54, 1.807) is 0 Å². The third-order valence-electron chi connectivity index (χ3n) is 6.34.